The predicted molar refractivity (Wildman–Crippen MR) is 68.7 cm³/mol. The molecule has 0 radical (unpaired) electrons. The van der Waals surface area contributed by atoms with E-state index in [4.69, 9.17) is 10.5 Å². The Balaban J connectivity index is 3.08. The lowest BCUT2D eigenvalue weighted by atomic mass is 10.0. The molecule has 3 heteroatoms. The monoisotopic (exact) mass is 239 g/mol. The van der Waals surface area contributed by atoms with Crippen LogP contribution in [-0.4, -0.2) is 6.10 Å². The maximum atomic E-state index is 13.5. The van der Waals surface area contributed by atoms with Crippen molar-refractivity contribution in [2.45, 2.75) is 46.8 Å². The lowest BCUT2D eigenvalue weighted by molar-refractivity contribution is 0.168. The molecule has 0 aliphatic carbocycles. The third kappa shape index (κ3) is 3.43. The average Bonchev–Trinajstić information content (AvgIpc) is 2.22. The van der Waals surface area contributed by atoms with E-state index in [1.807, 2.05) is 13.8 Å². The summed E-state index contributed by atoms with van der Waals surface area (Å²) in [6, 6.07) is 2.97. The molecule has 2 unspecified atom stereocenters. The van der Waals surface area contributed by atoms with Crippen molar-refractivity contribution in [1.29, 1.82) is 0 Å². The van der Waals surface area contributed by atoms with E-state index in [1.165, 1.54) is 6.07 Å². The van der Waals surface area contributed by atoms with Crippen LogP contribution in [0.2, 0.25) is 0 Å². The first kappa shape index (κ1) is 14.0. The number of benzene rings is 1. The minimum absolute atomic E-state index is 0.0809. The van der Waals surface area contributed by atoms with Crippen molar-refractivity contribution in [2.75, 3.05) is 0 Å². The van der Waals surface area contributed by atoms with E-state index in [9.17, 15) is 4.39 Å². The first-order chi connectivity index (χ1) is 7.82. The summed E-state index contributed by atoms with van der Waals surface area (Å²) in [6.07, 6.45) is 0.0809. The molecule has 2 nitrogen and oxygen atoms in total. The summed E-state index contributed by atoms with van der Waals surface area (Å²) in [5, 5.41) is 0. The third-order valence-corrected chi connectivity index (χ3v) is 3.03. The van der Waals surface area contributed by atoms with Gasteiger partial charge in [-0.1, -0.05) is 13.8 Å². The maximum Gasteiger partial charge on any atom is 0.126 e. The lowest BCUT2D eigenvalue weighted by Crippen LogP contribution is -2.20. The largest absolute Gasteiger partial charge is 0.490 e. The Hall–Kier alpha value is -1.09. The van der Waals surface area contributed by atoms with Crippen molar-refractivity contribution in [1.82, 2.24) is 0 Å². The Morgan fingerprint density at radius 1 is 1.18 bits per heavy atom. The van der Waals surface area contributed by atoms with Crippen LogP contribution in [-0.2, 0) is 0 Å². The highest BCUT2D eigenvalue weighted by Crippen LogP contribution is 2.28. The molecule has 2 atom stereocenters. The number of aryl methyl sites for hydroxylation is 1. The van der Waals surface area contributed by atoms with Gasteiger partial charge in [0.25, 0.3) is 0 Å². The standard InChI is InChI=1S/C14H22FNO/c1-8(2)11(5)17-14-6-9(3)13(15)7-12(14)10(4)16/h6-8,10-11H,16H2,1-5H3. The Morgan fingerprint density at radius 2 is 1.76 bits per heavy atom. The summed E-state index contributed by atoms with van der Waals surface area (Å²) < 4.78 is 19.4. The van der Waals surface area contributed by atoms with Crippen molar-refractivity contribution >= 4 is 0 Å². The van der Waals surface area contributed by atoms with Gasteiger partial charge in [0.2, 0.25) is 0 Å². The molecule has 0 saturated carbocycles. The molecule has 96 valence electrons. The maximum absolute atomic E-state index is 13.5. The van der Waals surface area contributed by atoms with Crippen LogP contribution in [0.1, 0.15) is 44.9 Å². The average molecular weight is 239 g/mol. The second-order valence-corrected chi connectivity index (χ2v) is 4.99. The first-order valence-corrected chi connectivity index (χ1v) is 6.05. The first-order valence-electron chi connectivity index (χ1n) is 6.05. The van der Waals surface area contributed by atoms with Gasteiger partial charge in [0.15, 0.2) is 0 Å². The van der Waals surface area contributed by atoms with Gasteiger partial charge in [-0.25, -0.2) is 4.39 Å². The highest BCUT2D eigenvalue weighted by Gasteiger charge is 2.16. The van der Waals surface area contributed by atoms with Crippen LogP contribution in [0.5, 0.6) is 5.75 Å². The molecule has 2 N–H and O–H groups in total. The number of halogens is 1. The smallest absolute Gasteiger partial charge is 0.126 e. The fourth-order valence-electron chi connectivity index (χ4n) is 1.46. The molecule has 0 aliphatic heterocycles. The summed E-state index contributed by atoms with van der Waals surface area (Å²) in [5.41, 5.74) is 7.15. The molecule has 0 aliphatic rings. The molecule has 0 bridgehead atoms. The molecule has 0 amide bonds. The van der Waals surface area contributed by atoms with Gasteiger partial charge in [-0.05, 0) is 44.4 Å². The molecule has 0 spiro atoms. The zero-order valence-electron chi connectivity index (χ0n) is 11.3. The Labute approximate surface area is 103 Å². The van der Waals surface area contributed by atoms with Crippen LogP contribution in [0.15, 0.2) is 12.1 Å². The summed E-state index contributed by atoms with van der Waals surface area (Å²) in [4.78, 5) is 0. The molecule has 1 aromatic carbocycles. The van der Waals surface area contributed by atoms with E-state index in [1.54, 1.807) is 13.0 Å². The quantitative estimate of drug-likeness (QED) is 0.871. The van der Waals surface area contributed by atoms with Crippen molar-refractivity contribution in [3.05, 3.63) is 29.1 Å². The van der Waals surface area contributed by atoms with Crippen LogP contribution in [0.25, 0.3) is 0 Å². The van der Waals surface area contributed by atoms with Crippen LogP contribution < -0.4 is 10.5 Å². The van der Waals surface area contributed by atoms with Crippen LogP contribution in [0.3, 0.4) is 0 Å². The van der Waals surface area contributed by atoms with E-state index in [0.29, 0.717) is 17.2 Å². The molecule has 0 fully saturated rings. The lowest BCUT2D eigenvalue weighted by Gasteiger charge is -2.22. The fraction of sp³-hybridized carbons (Fsp3) is 0.571. The third-order valence-electron chi connectivity index (χ3n) is 3.03. The van der Waals surface area contributed by atoms with Gasteiger partial charge in [0.1, 0.15) is 11.6 Å². The second kappa shape index (κ2) is 5.50. The van der Waals surface area contributed by atoms with E-state index in [0.717, 1.165) is 5.56 Å². The zero-order chi connectivity index (χ0) is 13.2. The predicted octanol–water partition coefficient (Wildman–Crippen LogP) is 3.58. The molecular formula is C14H22FNO. The zero-order valence-corrected chi connectivity index (χ0v) is 11.3. The molecule has 1 rings (SSSR count). The van der Waals surface area contributed by atoms with E-state index in [-0.39, 0.29) is 18.0 Å². The van der Waals surface area contributed by atoms with Gasteiger partial charge in [-0.3, -0.25) is 0 Å². The van der Waals surface area contributed by atoms with Crippen LogP contribution >= 0.6 is 0 Å². The summed E-state index contributed by atoms with van der Waals surface area (Å²) >= 11 is 0. The van der Waals surface area contributed by atoms with Crippen molar-refractivity contribution in [3.8, 4) is 5.75 Å². The molecule has 0 heterocycles. The Bertz CT molecular complexity index is 388. The molecule has 17 heavy (non-hydrogen) atoms. The molecule has 1 aromatic rings. The Kier molecular flexibility index (Phi) is 4.52. The van der Waals surface area contributed by atoms with Crippen LogP contribution in [0, 0.1) is 18.7 Å². The number of rotatable bonds is 4. The van der Waals surface area contributed by atoms with Gasteiger partial charge >= 0.3 is 0 Å². The summed E-state index contributed by atoms with van der Waals surface area (Å²) in [6.45, 7) is 9.75. The fourth-order valence-corrected chi connectivity index (χ4v) is 1.46. The molecular weight excluding hydrogens is 217 g/mol. The van der Waals surface area contributed by atoms with Crippen LogP contribution in [0.4, 0.5) is 4.39 Å². The second-order valence-electron chi connectivity index (χ2n) is 4.99. The summed E-state index contributed by atoms with van der Waals surface area (Å²) in [7, 11) is 0. The van der Waals surface area contributed by atoms with Gasteiger partial charge in [-0.15, -0.1) is 0 Å². The number of hydrogen-bond donors (Lipinski definition) is 1. The summed E-state index contributed by atoms with van der Waals surface area (Å²) in [5.74, 6) is 0.864. The van der Waals surface area contributed by atoms with E-state index in [2.05, 4.69) is 13.8 Å². The number of hydrogen-bond acceptors (Lipinski definition) is 2. The SMILES string of the molecule is Cc1cc(OC(C)C(C)C)c(C(C)N)cc1F. The van der Waals surface area contributed by atoms with Gasteiger partial charge < -0.3 is 10.5 Å². The highest BCUT2D eigenvalue weighted by atomic mass is 19.1. The number of nitrogens with two attached hydrogens (primary N) is 1. The van der Waals surface area contributed by atoms with Gasteiger partial charge in [-0.2, -0.15) is 0 Å². The molecule has 0 saturated heterocycles. The topological polar surface area (TPSA) is 35.2 Å². The highest BCUT2D eigenvalue weighted by molar-refractivity contribution is 5.40. The van der Waals surface area contributed by atoms with Crippen molar-refractivity contribution in [2.24, 2.45) is 11.7 Å². The minimum Gasteiger partial charge on any atom is -0.490 e. The number of ether oxygens (including phenoxy) is 1. The van der Waals surface area contributed by atoms with E-state index >= 15 is 0 Å². The van der Waals surface area contributed by atoms with Crippen molar-refractivity contribution in [3.63, 3.8) is 0 Å². The van der Waals surface area contributed by atoms with E-state index < -0.39 is 0 Å². The van der Waals surface area contributed by atoms with Gasteiger partial charge in [0, 0.05) is 11.6 Å². The normalized spacial score (nSPS) is 14.8. The minimum atomic E-state index is -0.237. The Morgan fingerprint density at radius 3 is 2.24 bits per heavy atom. The van der Waals surface area contributed by atoms with Crippen molar-refractivity contribution < 1.29 is 9.13 Å². The van der Waals surface area contributed by atoms with Gasteiger partial charge in [0.05, 0.1) is 6.10 Å². The molecule has 0 aromatic heterocycles.